The monoisotopic (exact) mass is 290 g/mol. The van der Waals surface area contributed by atoms with Crippen LogP contribution in [0.3, 0.4) is 0 Å². The summed E-state index contributed by atoms with van der Waals surface area (Å²) in [5.74, 6) is 4.89. The number of carbonyl (C=O) groups excluding carboxylic acids is 1. The van der Waals surface area contributed by atoms with Crippen LogP contribution in [0.5, 0.6) is 5.75 Å². The van der Waals surface area contributed by atoms with Crippen LogP contribution in [-0.4, -0.2) is 18.0 Å². The van der Waals surface area contributed by atoms with E-state index in [0.29, 0.717) is 22.8 Å². The average Bonchev–Trinajstić information content (AvgIpc) is 2.48. The van der Waals surface area contributed by atoms with E-state index in [1.807, 2.05) is 0 Å². The molecule has 21 heavy (non-hydrogen) atoms. The Balaban J connectivity index is 2.23. The van der Waals surface area contributed by atoms with Crippen LogP contribution in [0.1, 0.15) is 16.1 Å². The van der Waals surface area contributed by atoms with Gasteiger partial charge in [0.05, 0.1) is 7.11 Å². The molecule has 6 nitrogen and oxygen atoms in total. The van der Waals surface area contributed by atoms with Crippen LogP contribution in [0, 0.1) is 12.7 Å². The molecule has 0 unspecified atom stereocenters. The number of ether oxygens (including phenoxy) is 1. The highest BCUT2D eigenvalue weighted by Gasteiger charge is 2.10. The fraction of sp³-hybridized carbons (Fsp3) is 0.143. The molecule has 110 valence electrons. The zero-order valence-electron chi connectivity index (χ0n) is 11.6. The number of methoxy groups -OCH3 is 1. The van der Waals surface area contributed by atoms with Gasteiger partial charge in [0.15, 0.2) is 11.6 Å². The van der Waals surface area contributed by atoms with Gasteiger partial charge in [0, 0.05) is 23.0 Å². The summed E-state index contributed by atoms with van der Waals surface area (Å²) in [6.07, 6.45) is 0. The standard InChI is InChI=1S/C14H15FN4O2/c1-8-5-9(6-13(17-8)19-16)14(20)18-10-3-4-11(15)12(7-10)21-2/h3-7H,16H2,1-2H3,(H,17,19)(H,18,20). The molecule has 4 N–H and O–H groups in total. The first kappa shape index (κ1) is 14.7. The molecule has 1 heterocycles. The number of anilines is 2. The minimum absolute atomic E-state index is 0.0584. The van der Waals surface area contributed by atoms with Gasteiger partial charge in [-0.05, 0) is 31.2 Å². The van der Waals surface area contributed by atoms with Gasteiger partial charge in [0.25, 0.3) is 5.91 Å². The maximum absolute atomic E-state index is 13.3. The Labute approximate surface area is 121 Å². The van der Waals surface area contributed by atoms with Gasteiger partial charge in [-0.15, -0.1) is 0 Å². The van der Waals surface area contributed by atoms with Crippen molar-refractivity contribution in [2.75, 3.05) is 17.9 Å². The van der Waals surface area contributed by atoms with Crippen molar-refractivity contribution in [2.45, 2.75) is 6.92 Å². The number of nitrogen functional groups attached to an aromatic ring is 1. The van der Waals surface area contributed by atoms with Gasteiger partial charge in [-0.3, -0.25) is 4.79 Å². The number of amides is 1. The zero-order valence-corrected chi connectivity index (χ0v) is 11.6. The Kier molecular flexibility index (Phi) is 4.34. The lowest BCUT2D eigenvalue weighted by molar-refractivity contribution is 0.102. The number of nitrogens with one attached hydrogen (secondary N) is 2. The number of benzene rings is 1. The molecule has 1 amide bonds. The molecule has 0 fully saturated rings. The number of nitrogens with zero attached hydrogens (tertiary/aromatic N) is 1. The van der Waals surface area contributed by atoms with Crippen molar-refractivity contribution in [1.29, 1.82) is 0 Å². The van der Waals surface area contributed by atoms with Crippen LogP contribution < -0.4 is 21.3 Å². The second-order valence-corrected chi connectivity index (χ2v) is 4.33. The van der Waals surface area contributed by atoms with Crippen molar-refractivity contribution in [1.82, 2.24) is 4.98 Å². The third-order valence-corrected chi connectivity index (χ3v) is 2.77. The molecule has 0 spiro atoms. The summed E-state index contributed by atoms with van der Waals surface area (Å²) in [6, 6.07) is 7.22. The van der Waals surface area contributed by atoms with E-state index >= 15 is 0 Å². The second kappa shape index (κ2) is 6.19. The van der Waals surface area contributed by atoms with E-state index in [2.05, 4.69) is 15.7 Å². The number of aromatic nitrogens is 1. The fourth-order valence-electron chi connectivity index (χ4n) is 1.81. The third-order valence-electron chi connectivity index (χ3n) is 2.77. The van der Waals surface area contributed by atoms with Crippen molar-refractivity contribution in [2.24, 2.45) is 5.84 Å². The van der Waals surface area contributed by atoms with Gasteiger partial charge in [-0.1, -0.05) is 0 Å². The largest absolute Gasteiger partial charge is 0.494 e. The van der Waals surface area contributed by atoms with Gasteiger partial charge in [-0.2, -0.15) is 0 Å². The van der Waals surface area contributed by atoms with E-state index in [0.717, 1.165) is 0 Å². The van der Waals surface area contributed by atoms with E-state index in [4.69, 9.17) is 10.6 Å². The normalized spacial score (nSPS) is 10.1. The third kappa shape index (κ3) is 3.46. The molecule has 0 radical (unpaired) electrons. The summed E-state index contributed by atoms with van der Waals surface area (Å²) in [5.41, 5.74) is 3.85. The topological polar surface area (TPSA) is 89.3 Å². The van der Waals surface area contributed by atoms with Crippen molar-refractivity contribution in [3.05, 3.63) is 47.4 Å². The first-order chi connectivity index (χ1) is 10.0. The molecule has 0 saturated heterocycles. The van der Waals surface area contributed by atoms with Crippen LogP contribution in [0.25, 0.3) is 0 Å². The Hall–Kier alpha value is -2.67. The predicted octanol–water partition coefficient (Wildman–Crippen LogP) is 2.08. The van der Waals surface area contributed by atoms with Crippen LogP contribution >= 0.6 is 0 Å². The van der Waals surface area contributed by atoms with Gasteiger partial charge in [-0.25, -0.2) is 15.2 Å². The van der Waals surface area contributed by atoms with Gasteiger partial charge in [0.1, 0.15) is 5.82 Å². The number of pyridine rings is 1. The Bertz CT molecular complexity index is 676. The van der Waals surface area contributed by atoms with Crippen molar-refractivity contribution in [3.63, 3.8) is 0 Å². The molecule has 0 atom stereocenters. The number of halogens is 1. The maximum atomic E-state index is 13.3. The van der Waals surface area contributed by atoms with Crippen LogP contribution in [0.4, 0.5) is 15.9 Å². The molecule has 0 aliphatic heterocycles. The van der Waals surface area contributed by atoms with E-state index < -0.39 is 5.82 Å². The van der Waals surface area contributed by atoms with Gasteiger partial charge < -0.3 is 15.5 Å². The molecule has 1 aromatic heterocycles. The van der Waals surface area contributed by atoms with E-state index in [9.17, 15) is 9.18 Å². The molecule has 1 aromatic carbocycles. The molecule has 0 aliphatic rings. The number of hydrogen-bond donors (Lipinski definition) is 3. The molecule has 0 saturated carbocycles. The van der Waals surface area contributed by atoms with E-state index in [1.165, 1.54) is 31.4 Å². The van der Waals surface area contributed by atoms with Crippen molar-refractivity contribution in [3.8, 4) is 5.75 Å². The molecule has 2 aromatic rings. The number of hydrogen-bond acceptors (Lipinski definition) is 5. The van der Waals surface area contributed by atoms with E-state index in [-0.39, 0.29) is 11.7 Å². The lowest BCUT2D eigenvalue weighted by atomic mass is 10.2. The lowest BCUT2D eigenvalue weighted by Gasteiger charge is -2.09. The lowest BCUT2D eigenvalue weighted by Crippen LogP contribution is -2.15. The van der Waals surface area contributed by atoms with Crippen LogP contribution in [0.2, 0.25) is 0 Å². The number of aryl methyl sites for hydroxylation is 1. The summed E-state index contributed by atoms with van der Waals surface area (Å²) in [7, 11) is 1.36. The summed E-state index contributed by atoms with van der Waals surface area (Å²) in [5, 5.41) is 2.66. The maximum Gasteiger partial charge on any atom is 0.255 e. The highest BCUT2D eigenvalue weighted by atomic mass is 19.1. The predicted molar refractivity (Wildman–Crippen MR) is 77.7 cm³/mol. The second-order valence-electron chi connectivity index (χ2n) is 4.33. The number of nitrogens with two attached hydrogens (primary N) is 1. The quantitative estimate of drug-likeness (QED) is 0.592. The van der Waals surface area contributed by atoms with Gasteiger partial charge in [0.2, 0.25) is 0 Å². The number of hydrazine groups is 1. The highest BCUT2D eigenvalue weighted by Crippen LogP contribution is 2.22. The fourth-order valence-corrected chi connectivity index (χ4v) is 1.81. The Morgan fingerprint density at radius 2 is 2.10 bits per heavy atom. The van der Waals surface area contributed by atoms with Crippen LogP contribution in [0.15, 0.2) is 30.3 Å². The summed E-state index contributed by atoms with van der Waals surface area (Å²) in [4.78, 5) is 16.3. The molecule has 0 aliphatic carbocycles. The van der Waals surface area contributed by atoms with Crippen LogP contribution in [-0.2, 0) is 0 Å². The van der Waals surface area contributed by atoms with Crippen molar-refractivity contribution >= 4 is 17.4 Å². The highest BCUT2D eigenvalue weighted by molar-refractivity contribution is 6.04. The molecule has 7 heteroatoms. The van der Waals surface area contributed by atoms with Gasteiger partial charge >= 0.3 is 0 Å². The molecular formula is C14H15FN4O2. The Morgan fingerprint density at radius 3 is 2.76 bits per heavy atom. The summed E-state index contributed by atoms with van der Waals surface area (Å²) < 4.78 is 18.2. The minimum Gasteiger partial charge on any atom is -0.494 e. The SMILES string of the molecule is COc1cc(NC(=O)c2cc(C)nc(NN)c2)ccc1F. The van der Waals surface area contributed by atoms with E-state index in [1.54, 1.807) is 13.0 Å². The average molecular weight is 290 g/mol. The summed E-state index contributed by atoms with van der Waals surface area (Å²) >= 11 is 0. The number of rotatable bonds is 4. The molecule has 0 bridgehead atoms. The molecule has 2 rings (SSSR count). The van der Waals surface area contributed by atoms with Crippen molar-refractivity contribution < 1.29 is 13.9 Å². The first-order valence-electron chi connectivity index (χ1n) is 6.13. The molecular weight excluding hydrogens is 275 g/mol. The smallest absolute Gasteiger partial charge is 0.255 e. The Morgan fingerprint density at radius 1 is 1.33 bits per heavy atom. The number of carbonyl (C=O) groups is 1. The first-order valence-corrected chi connectivity index (χ1v) is 6.13. The summed E-state index contributed by atoms with van der Waals surface area (Å²) in [6.45, 7) is 1.75. The minimum atomic E-state index is -0.495. The zero-order chi connectivity index (χ0) is 15.4.